The zero-order chi connectivity index (χ0) is 14.6. The number of halogens is 4. The van der Waals surface area contributed by atoms with Crippen LogP contribution in [-0.4, -0.2) is 37.1 Å². The molecule has 0 saturated heterocycles. The molecule has 4 nitrogen and oxygen atoms in total. The van der Waals surface area contributed by atoms with Crippen molar-refractivity contribution in [1.29, 1.82) is 0 Å². The molecule has 18 heavy (non-hydrogen) atoms. The lowest BCUT2D eigenvalue weighted by atomic mass is 10.0. The summed E-state index contributed by atoms with van der Waals surface area (Å²) < 4.78 is 54.9. The Bertz CT molecular complexity index is 280. The van der Waals surface area contributed by atoms with Crippen molar-refractivity contribution in [3.05, 3.63) is 0 Å². The molecular formula is C10H18F4N2O2. The largest absolute Gasteiger partial charge is 0.444 e. The Morgan fingerprint density at radius 2 is 1.83 bits per heavy atom. The van der Waals surface area contributed by atoms with Crippen LogP contribution in [0.3, 0.4) is 0 Å². The molecule has 0 aliphatic rings. The molecule has 0 aliphatic heterocycles. The van der Waals surface area contributed by atoms with Crippen molar-refractivity contribution in [1.82, 2.24) is 5.32 Å². The molecule has 1 unspecified atom stereocenters. The van der Waals surface area contributed by atoms with Crippen LogP contribution in [0.5, 0.6) is 0 Å². The van der Waals surface area contributed by atoms with Crippen LogP contribution in [-0.2, 0) is 4.74 Å². The van der Waals surface area contributed by atoms with Crippen molar-refractivity contribution in [2.75, 3.05) is 13.1 Å². The lowest BCUT2D eigenvalue weighted by molar-refractivity contribution is -0.161. The predicted octanol–water partition coefficient (Wildman–Crippen LogP) is 1.99. The van der Waals surface area contributed by atoms with Gasteiger partial charge in [0.2, 0.25) is 0 Å². The highest BCUT2D eigenvalue weighted by Crippen LogP contribution is 2.30. The van der Waals surface area contributed by atoms with Crippen molar-refractivity contribution in [3.63, 3.8) is 0 Å². The van der Waals surface area contributed by atoms with Gasteiger partial charge in [-0.25, -0.2) is 13.6 Å². The molecule has 0 aromatic carbocycles. The van der Waals surface area contributed by atoms with Crippen molar-refractivity contribution in [3.8, 4) is 0 Å². The Hall–Kier alpha value is -1.05. The normalized spacial score (nSPS) is 14.5. The number of hydrogen-bond donors (Lipinski definition) is 2. The molecule has 1 atom stereocenters. The van der Waals surface area contributed by atoms with Crippen LogP contribution in [0.2, 0.25) is 0 Å². The molecule has 0 saturated carbocycles. The van der Waals surface area contributed by atoms with Gasteiger partial charge in [0.15, 0.2) is 0 Å². The van der Waals surface area contributed by atoms with Crippen molar-refractivity contribution < 1.29 is 27.1 Å². The molecule has 0 aliphatic carbocycles. The first-order valence-electron chi connectivity index (χ1n) is 5.33. The first-order valence-corrected chi connectivity index (χ1v) is 5.33. The molecule has 0 rings (SSSR count). The summed E-state index contributed by atoms with van der Waals surface area (Å²) in [5, 5.41) is 2.00. The molecule has 1 amide bonds. The van der Waals surface area contributed by atoms with Crippen LogP contribution >= 0.6 is 0 Å². The first-order chi connectivity index (χ1) is 8.00. The molecule has 0 aromatic rings. The fourth-order valence-corrected chi connectivity index (χ4v) is 1.08. The summed E-state index contributed by atoms with van der Waals surface area (Å²) in [5.41, 5.74) is 4.21. The molecule has 3 N–H and O–H groups in total. The molecule has 0 bridgehead atoms. The number of alkyl halides is 4. The second kappa shape index (κ2) is 6.21. The molecule has 0 fully saturated rings. The minimum absolute atomic E-state index is 0.673. The smallest absolute Gasteiger partial charge is 0.407 e. The van der Waals surface area contributed by atoms with E-state index in [9.17, 15) is 22.4 Å². The molecule has 0 radical (unpaired) electrons. The van der Waals surface area contributed by atoms with Gasteiger partial charge in [0.05, 0.1) is 5.92 Å². The van der Waals surface area contributed by atoms with Crippen LogP contribution in [0.1, 0.15) is 20.8 Å². The van der Waals surface area contributed by atoms with E-state index in [0.717, 1.165) is 0 Å². The number of hydrogen-bond acceptors (Lipinski definition) is 3. The third-order valence-electron chi connectivity index (χ3n) is 2.01. The number of ether oxygens (including phenoxy) is 1. The van der Waals surface area contributed by atoms with Crippen LogP contribution < -0.4 is 11.1 Å². The molecule has 0 heterocycles. The first kappa shape index (κ1) is 16.9. The van der Waals surface area contributed by atoms with E-state index in [0.29, 0.717) is 0 Å². The molecule has 8 heteroatoms. The predicted molar refractivity (Wildman–Crippen MR) is 57.7 cm³/mol. The second-order valence-corrected chi connectivity index (χ2v) is 4.79. The Morgan fingerprint density at radius 3 is 2.17 bits per heavy atom. The summed E-state index contributed by atoms with van der Waals surface area (Å²) in [6, 6.07) is 0. The van der Waals surface area contributed by atoms with Gasteiger partial charge < -0.3 is 15.8 Å². The van der Waals surface area contributed by atoms with Crippen LogP contribution in [0.4, 0.5) is 22.4 Å². The third-order valence-corrected chi connectivity index (χ3v) is 2.01. The van der Waals surface area contributed by atoms with E-state index in [4.69, 9.17) is 10.5 Å². The van der Waals surface area contributed by atoms with E-state index in [1.54, 1.807) is 20.8 Å². The van der Waals surface area contributed by atoms with E-state index in [1.807, 2.05) is 5.32 Å². The van der Waals surface area contributed by atoms with E-state index in [1.165, 1.54) is 0 Å². The highest BCUT2D eigenvalue weighted by Gasteiger charge is 2.47. The summed E-state index contributed by atoms with van der Waals surface area (Å²) in [7, 11) is 0. The minimum Gasteiger partial charge on any atom is -0.444 e. The molecular weight excluding hydrogens is 256 g/mol. The van der Waals surface area contributed by atoms with Crippen LogP contribution in [0.15, 0.2) is 0 Å². The number of amides is 1. The van der Waals surface area contributed by atoms with E-state index in [-0.39, 0.29) is 0 Å². The highest BCUT2D eigenvalue weighted by atomic mass is 19.3. The number of carbonyl (C=O) groups excluding carboxylic acids is 1. The van der Waals surface area contributed by atoms with Crippen LogP contribution in [0, 0.1) is 5.92 Å². The summed E-state index contributed by atoms with van der Waals surface area (Å²) in [4.78, 5) is 11.2. The standard InChI is InChI=1S/C10H18F4N2O2/c1-9(2,3)18-8(17)16-5-6(4-15)10(13,14)7(11)12/h6-7H,4-5,15H2,1-3H3,(H,16,17). The Labute approximate surface area is 103 Å². The Kier molecular flexibility index (Phi) is 5.85. The maximum atomic E-state index is 13.0. The Balaban J connectivity index is 4.37. The van der Waals surface area contributed by atoms with Gasteiger partial charge in [-0.2, -0.15) is 8.78 Å². The number of alkyl carbamates (subject to hydrolysis) is 1. The maximum absolute atomic E-state index is 13.0. The average molecular weight is 274 g/mol. The zero-order valence-electron chi connectivity index (χ0n) is 10.5. The lowest BCUT2D eigenvalue weighted by Crippen LogP contribution is -2.47. The second-order valence-electron chi connectivity index (χ2n) is 4.79. The molecule has 0 spiro atoms. The van der Waals surface area contributed by atoms with Crippen molar-refractivity contribution in [2.45, 2.75) is 38.7 Å². The van der Waals surface area contributed by atoms with Crippen LogP contribution in [0.25, 0.3) is 0 Å². The molecule has 0 aromatic heterocycles. The fraction of sp³-hybridized carbons (Fsp3) is 0.900. The number of carbonyl (C=O) groups is 1. The average Bonchev–Trinajstić information content (AvgIpc) is 2.14. The lowest BCUT2D eigenvalue weighted by Gasteiger charge is -2.26. The summed E-state index contributed by atoms with van der Waals surface area (Å²) in [5.74, 6) is -6.09. The number of rotatable bonds is 5. The van der Waals surface area contributed by atoms with Crippen molar-refractivity contribution in [2.24, 2.45) is 11.7 Å². The Morgan fingerprint density at radius 1 is 1.33 bits per heavy atom. The van der Waals surface area contributed by atoms with Gasteiger partial charge in [-0.05, 0) is 20.8 Å². The summed E-state index contributed by atoms with van der Waals surface area (Å²) >= 11 is 0. The third kappa shape index (κ3) is 5.52. The molecule has 108 valence electrons. The highest BCUT2D eigenvalue weighted by molar-refractivity contribution is 5.67. The van der Waals surface area contributed by atoms with Gasteiger partial charge in [0.25, 0.3) is 0 Å². The van der Waals surface area contributed by atoms with Gasteiger partial charge in [-0.15, -0.1) is 0 Å². The SMILES string of the molecule is CC(C)(C)OC(=O)NCC(CN)C(F)(F)C(F)F. The summed E-state index contributed by atoms with van der Waals surface area (Å²) in [6.07, 6.45) is -4.78. The van der Waals surface area contributed by atoms with E-state index < -0.39 is 43.0 Å². The van der Waals surface area contributed by atoms with E-state index >= 15 is 0 Å². The van der Waals surface area contributed by atoms with Gasteiger partial charge in [-0.1, -0.05) is 0 Å². The van der Waals surface area contributed by atoms with Crippen molar-refractivity contribution >= 4 is 6.09 Å². The quantitative estimate of drug-likeness (QED) is 0.753. The van der Waals surface area contributed by atoms with Gasteiger partial charge >= 0.3 is 18.4 Å². The fourth-order valence-electron chi connectivity index (χ4n) is 1.08. The van der Waals surface area contributed by atoms with Gasteiger partial charge in [-0.3, -0.25) is 0 Å². The van der Waals surface area contributed by atoms with Gasteiger partial charge in [0.1, 0.15) is 5.60 Å². The zero-order valence-corrected chi connectivity index (χ0v) is 10.5. The maximum Gasteiger partial charge on any atom is 0.407 e. The number of nitrogens with two attached hydrogens (primary N) is 1. The summed E-state index contributed by atoms with van der Waals surface area (Å²) in [6.45, 7) is 3.40. The van der Waals surface area contributed by atoms with Gasteiger partial charge in [0, 0.05) is 13.1 Å². The monoisotopic (exact) mass is 274 g/mol. The topological polar surface area (TPSA) is 64.3 Å². The minimum atomic E-state index is -4.25. The number of nitrogens with one attached hydrogen (secondary N) is 1. The van der Waals surface area contributed by atoms with E-state index in [2.05, 4.69) is 0 Å².